The van der Waals surface area contributed by atoms with Crippen molar-refractivity contribution in [3.8, 4) is 11.3 Å². The van der Waals surface area contributed by atoms with Gasteiger partial charge in [-0.3, -0.25) is 15.0 Å². The van der Waals surface area contributed by atoms with E-state index in [0.29, 0.717) is 27.2 Å². The van der Waals surface area contributed by atoms with Gasteiger partial charge in [-0.1, -0.05) is 18.2 Å². The van der Waals surface area contributed by atoms with Gasteiger partial charge in [0, 0.05) is 10.0 Å². The Balaban J connectivity index is 1.63. The second-order valence-corrected chi connectivity index (χ2v) is 6.66. The third-order valence-corrected chi connectivity index (χ3v) is 4.67. The number of anilines is 1. The predicted molar refractivity (Wildman–Crippen MR) is 102 cm³/mol. The van der Waals surface area contributed by atoms with Gasteiger partial charge in [-0.05, 0) is 64.5 Å². The monoisotopic (exact) mass is 426 g/mol. The second kappa shape index (κ2) is 6.85. The predicted octanol–water partition coefficient (Wildman–Crippen LogP) is 4.31. The van der Waals surface area contributed by atoms with E-state index < -0.39 is 11.8 Å². The molecule has 1 saturated heterocycles. The van der Waals surface area contributed by atoms with Gasteiger partial charge in [0.2, 0.25) is 0 Å². The molecule has 2 amide bonds. The first-order valence-corrected chi connectivity index (χ1v) is 8.80. The molecule has 7 heteroatoms. The molecule has 0 spiro atoms. The van der Waals surface area contributed by atoms with Crippen molar-refractivity contribution < 1.29 is 18.4 Å². The van der Waals surface area contributed by atoms with Crippen molar-refractivity contribution in [2.45, 2.75) is 0 Å². The van der Waals surface area contributed by atoms with Crippen molar-refractivity contribution in [1.82, 2.24) is 5.43 Å². The van der Waals surface area contributed by atoms with E-state index in [9.17, 15) is 14.0 Å². The number of hydrogen-bond acceptors (Lipinski definition) is 3. The maximum atomic E-state index is 13.2. The summed E-state index contributed by atoms with van der Waals surface area (Å²) in [4.78, 5) is 24.8. The molecular formula is C20H12BrFN2O3. The first kappa shape index (κ1) is 17.2. The van der Waals surface area contributed by atoms with Gasteiger partial charge in [-0.15, -0.1) is 0 Å². The lowest BCUT2D eigenvalue weighted by Crippen LogP contribution is -2.35. The van der Waals surface area contributed by atoms with Gasteiger partial charge in [0.1, 0.15) is 22.9 Å². The van der Waals surface area contributed by atoms with Crippen LogP contribution in [0.1, 0.15) is 5.76 Å². The van der Waals surface area contributed by atoms with Crippen LogP contribution >= 0.6 is 15.9 Å². The first-order chi connectivity index (χ1) is 13.0. The molecule has 0 saturated carbocycles. The summed E-state index contributed by atoms with van der Waals surface area (Å²) in [6, 6.07) is 16.4. The van der Waals surface area contributed by atoms with Crippen molar-refractivity contribution in [2.75, 3.05) is 5.01 Å². The second-order valence-electron chi connectivity index (χ2n) is 5.80. The van der Waals surface area contributed by atoms with E-state index in [4.69, 9.17) is 4.42 Å². The molecule has 1 aliphatic heterocycles. The molecule has 5 nitrogen and oxygen atoms in total. The van der Waals surface area contributed by atoms with Crippen LogP contribution in [0.3, 0.4) is 0 Å². The summed E-state index contributed by atoms with van der Waals surface area (Å²) in [6.07, 6.45) is 1.39. The highest BCUT2D eigenvalue weighted by molar-refractivity contribution is 9.10. The Morgan fingerprint density at radius 2 is 1.81 bits per heavy atom. The number of rotatable bonds is 3. The van der Waals surface area contributed by atoms with Gasteiger partial charge in [-0.25, -0.2) is 9.40 Å². The Bertz CT molecular complexity index is 1080. The number of para-hydroxylation sites is 1. The fourth-order valence-electron chi connectivity index (χ4n) is 2.72. The number of hydrazine groups is 1. The molecule has 134 valence electrons. The van der Waals surface area contributed by atoms with Gasteiger partial charge in [0.25, 0.3) is 11.8 Å². The molecule has 1 fully saturated rings. The van der Waals surface area contributed by atoms with Crippen molar-refractivity contribution in [3.63, 3.8) is 0 Å². The Kier molecular flexibility index (Phi) is 4.37. The topological polar surface area (TPSA) is 62.6 Å². The zero-order valence-corrected chi connectivity index (χ0v) is 15.4. The molecule has 0 radical (unpaired) electrons. The fraction of sp³-hybridized carbons (Fsp3) is 0. The lowest BCUT2D eigenvalue weighted by atomic mass is 10.2. The molecule has 0 aliphatic carbocycles. The van der Waals surface area contributed by atoms with Crippen molar-refractivity contribution in [2.24, 2.45) is 0 Å². The van der Waals surface area contributed by atoms with E-state index in [1.54, 1.807) is 42.5 Å². The summed E-state index contributed by atoms with van der Waals surface area (Å²) in [6.45, 7) is 0. The van der Waals surface area contributed by atoms with Crippen LogP contribution in [0, 0.1) is 5.82 Å². The molecule has 1 N–H and O–H groups in total. The maximum Gasteiger partial charge on any atom is 0.282 e. The quantitative estimate of drug-likeness (QED) is 0.501. The summed E-state index contributed by atoms with van der Waals surface area (Å²) in [5.41, 5.74) is 3.73. The van der Waals surface area contributed by atoms with Crippen molar-refractivity contribution in [3.05, 3.63) is 82.3 Å². The normalized spacial score (nSPS) is 15.5. The van der Waals surface area contributed by atoms with Crippen LogP contribution in [-0.4, -0.2) is 11.8 Å². The first-order valence-electron chi connectivity index (χ1n) is 8.00. The molecular weight excluding hydrogens is 415 g/mol. The summed E-state index contributed by atoms with van der Waals surface area (Å²) >= 11 is 3.29. The number of halogens is 2. The Hall–Kier alpha value is -3.19. The van der Waals surface area contributed by atoms with Gasteiger partial charge in [-0.2, -0.15) is 0 Å². The number of hydrogen-bond donors (Lipinski definition) is 1. The third-order valence-electron chi connectivity index (χ3n) is 4.02. The lowest BCUT2D eigenvalue weighted by Gasteiger charge is -2.13. The van der Waals surface area contributed by atoms with Crippen LogP contribution in [0.4, 0.5) is 10.1 Å². The summed E-state index contributed by atoms with van der Waals surface area (Å²) in [5.74, 6) is -0.514. The average molecular weight is 427 g/mol. The van der Waals surface area contributed by atoms with E-state index >= 15 is 0 Å². The third kappa shape index (κ3) is 3.29. The largest absolute Gasteiger partial charge is 0.457 e. The van der Waals surface area contributed by atoms with E-state index in [-0.39, 0.29) is 11.4 Å². The zero-order valence-electron chi connectivity index (χ0n) is 13.8. The van der Waals surface area contributed by atoms with Crippen LogP contribution in [0.25, 0.3) is 17.4 Å². The minimum atomic E-state index is -0.509. The number of carbonyl (C=O) groups is 2. The number of furan rings is 1. The Morgan fingerprint density at radius 3 is 2.56 bits per heavy atom. The Morgan fingerprint density at radius 1 is 1.04 bits per heavy atom. The minimum absolute atomic E-state index is 0.0297. The molecule has 0 atom stereocenters. The molecule has 0 unspecified atom stereocenters. The van der Waals surface area contributed by atoms with E-state index in [1.807, 2.05) is 6.07 Å². The number of benzene rings is 2. The van der Waals surface area contributed by atoms with Crippen molar-refractivity contribution in [1.29, 1.82) is 0 Å². The van der Waals surface area contributed by atoms with E-state index in [1.165, 1.54) is 23.2 Å². The summed E-state index contributed by atoms with van der Waals surface area (Å²) in [5, 5.41) is 1.19. The molecule has 2 heterocycles. The zero-order chi connectivity index (χ0) is 19.0. The van der Waals surface area contributed by atoms with Gasteiger partial charge in [0.15, 0.2) is 0 Å². The maximum absolute atomic E-state index is 13.2. The lowest BCUT2D eigenvalue weighted by molar-refractivity contribution is -0.117. The molecule has 1 aromatic heterocycles. The van der Waals surface area contributed by atoms with Crippen LogP contribution in [0.2, 0.25) is 0 Å². The molecule has 3 aromatic rings. The van der Waals surface area contributed by atoms with Gasteiger partial charge < -0.3 is 4.42 Å². The van der Waals surface area contributed by atoms with E-state index in [0.717, 1.165) is 0 Å². The molecule has 27 heavy (non-hydrogen) atoms. The molecule has 1 aliphatic rings. The number of amides is 2. The summed E-state index contributed by atoms with van der Waals surface area (Å²) in [7, 11) is 0. The van der Waals surface area contributed by atoms with Crippen LogP contribution in [0.15, 0.2) is 75.1 Å². The number of nitrogens with one attached hydrogen (secondary N) is 1. The molecule has 2 aromatic carbocycles. The molecule has 0 bridgehead atoms. The Labute approximate surface area is 162 Å². The highest BCUT2D eigenvalue weighted by Gasteiger charge is 2.34. The standard InChI is InChI=1S/C20H12BrFN2O3/c21-17-10-12(22)6-8-15(17)18-9-7-14(27-18)11-16-19(25)23-24(20(16)26)13-4-2-1-3-5-13/h1-11H,(H,23,25). The van der Waals surface area contributed by atoms with Crippen LogP contribution < -0.4 is 10.4 Å². The van der Waals surface area contributed by atoms with Crippen LogP contribution in [0.5, 0.6) is 0 Å². The summed E-state index contributed by atoms with van der Waals surface area (Å²) < 4.78 is 19.5. The number of carbonyl (C=O) groups excluding carboxylic acids is 2. The minimum Gasteiger partial charge on any atom is -0.457 e. The number of nitrogens with zero attached hydrogens (tertiary/aromatic N) is 1. The molecule has 4 rings (SSSR count). The highest BCUT2D eigenvalue weighted by atomic mass is 79.9. The highest BCUT2D eigenvalue weighted by Crippen LogP contribution is 2.31. The SMILES string of the molecule is O=C1NN(c2ccccc2)C(=O)C1=Cc1ccc(-c2ccc(F)cc2Br)o1. The van der Waals surface area contributed by atoms with Crippen molar-refractivity contribution >= 4 is 39.5 Å². The average Bonchev–Trinajstić information content (AvgIpc) is 3.22. The fourth-order valence-corrected chi connectivity index (χ4v) is 3.27. The smallest absolute Gasteiger partial charge is 0.282 e. The van der Waals surface area contributed by atoms with Crippen LogP contribution in [-0.2, 0) is 9.59 Å². The van der Waals surface area contributed by atoms with Gasteiger partial charge >= 0.3 is 0 Å². The van der Waals surface area contributed by atoms with E-state index in [2.05, 4.69) is 21.4 Å². The van der Waals surface area contributed by atoms with Gasteiger partial charge in [0.05, 0.1) is 5.69 Å².